The molecule has 3 N–H and O–H groups in total. The lowest BCUT2D eigenvalue weighted by atomic mass is 10.1. The van der Waals surface area contributed by atoms with Crippen molar-refractivity contribution in [2.45, 2.75) is 6.04 Å². The molecule has 0 saturated carbocycles. The Hall–Kier alpha value is -2.14. The highest BCUT2D eigenvalue weighted by atomic mass is 32.1. The monoisotopic (exact) mass is 288 g/mol. The molecule has 3 nitrogen and oxygen atoms in total. The third kappa shape index (κ3) is 2.32. The highest BCUT2D eigenvalue weighted by Gasteiger charge is 2.24. The molecule has 0 saturated heterocycles. The first-order valence-corrected chi connectivity index (χ1v) is 6.63. The highest BCUT2D eigenvalue weighted by Crippen LogP contribution is 2.34. The normalized spacial score (nSPS) is 16.4. The number of rotatable bonds is 3. The first-order chi connectivity index (χ1) is 9.65. The van der Waals surface area contributed by atoms with Gasteiger partial charge in [-0.2, -0.15) is 0 Å². The Balaban J connectivity index is 1.92. The average molecular weight is 288 g/mol. The molecule has 102 valence electrons. The van der Waals surface area contributed by atoms with E-state index < -0.39 is 0 Å². The van der Waals surface area contributed by atoms with E-state index in [4.69, 9.17) is 22.7 Å². The fourth-order valence-corrected chi connectivity index (χ4v) is 2.48. The van der Waals surface area contributed by atoms with Crippen molar-refractivity contribution in [1.82, 2.24) is 0 Å². The Bertz CT molecular complexity index is 675. The van der Waals surface area contributed by atoms with Gasteiger partial charge >= 0.3 is 0 Å². The third-order valence-corrected chi connectivity index (χ3v) is 3.50. The van der Waals surface area contributed by atoms with E-state index in [1.54, 1.807) is 6.07 Å². The summed E-state index contributed by atoms with van der Waals surface area (Å²) in [7, 11) is 0. The van der Waals surface area contributed by atoms with Crippen LogP contribution in [0.3, 0.4) is 0 Å². The molecule has 1 unspecified atom stereocenters. The molecule has 0 bridgehead atoms. The van der Waals surface area contributed by atoms with Gasteiger partial charge < -0.3 is 15.8 Å². The minimum atomic E-state index is -0.360. The number of nitrogens with one attached hydrogen (secondary N) is 1. The van der Waals surface area contributed by atoms with E-state index in [0.29, 0.717) is 17.9 Å². The molecule has 0 aliphatic carbocycles. The van der Waals surface area contributed by atoms with E-state index in [0.717, 1.165) is 11.3 Å². The maximum absolute atomic E-state index is 13.3. The van der Waals surface area contributed by atoms with Gasteiger partial charge in [0.2, 0.25) is 0 Å². The first kappa shape index (κ1) is 12.9. The smallest absolute Gasteiger partial charge is 0.124 e. The molecule has 0 fully saturated rings. The summed E-state index contributed by atoms with van der Waals surface area (Å²) in [6, 6.07) is 12.2. The number of halogens is 1. The van der Waals surface area contributed by atoms with Gasteiger partial charge in [-0.1, -0.05) is 30.4 Å². The topological polar surface area (TPSA) is 47.3 Å². The van der Waals surface area contributed by atoms with Crippen molar-refractivity contribution in [2.24, 2.45) is 5.73 Å². The van der Waals surface area contributed by atoms with Crippen molar-refractivity contribution < 1.29 is 9.13 Å². The Kier molecular flexibility index (Phi) is 3.28. The molecule has 1 aliphatic rings. The fourth-order valence-electron chi connectivity index (χ4n) is 2.32. The van der Waals surface area contributed by atoms with Gasteiger partial charge in [-0.3, -0.25) is 0 Å². The Morgan fingerprint density at radius 2 is 2.10 bits per heavy atom. The zero-order valence-electron chi connectivity index (χ0n) is 10.6. The number of nitrogens with two attached hydrogens (primary N) is 1. The molecule has 1 heterocycles. The number of hydrogen-bond acceptors (Lipinski definition) is 3. The number of thiocarbonyl (C=S) groups is 1. The van der Waals surface area contributed by atoms with Crippen molar-refractivity contribution in [1.29, 1.82) is 0 Å². The predicted octanol–water partition coefficient (Wildman–Crippen LogP) is 3.01. The first-order valence-electron chi connectivity index (χ1n) is 6.23. The Morgan fingerprint density at radius 1 is 1.30 bits per heavy atom. The summed E-state index contributed by atoms with van der Waals surface area (Å²) >= 11 is 4.97. The van der Waals surface area contributed by atoms with Crippen LogP contribution in [-0.4, -0.2) is 11.6 Å². The van der Waals surface area contributed by atoms with Crippen molar-refractivity contribution in [3.63, 3.8) is 0 Å². The summed E-state index contributed by atoms with van der Waals surface area (Å²) in [5.74, 6) is 0.505. The maximum atomic E-state index is 13.3. The van der Waals surface area contributed by atoms with Crippen LogP contribution in [0.15, 0.2) is 42.5 Å². The lowest BCUT2D eigenvalue weighted by Gasteiger charge is -2.16. The van der Waals surface area contributed by atoms with Crippen LogP contribution < -0.4 is 15.8 Å². The largest absolute Gasteiger partial charge is 0.491 e. The molecular formula is C15H13FN2OS. The molecular weight excluding hydrogens is 275 g/mol. The second-order valence-electron chi connectivity index (χ2n) is 4.60. The minimum absolute atomic E-state index is 0.00441. The van der Waals surface area contributed by atoms with Crippen molar-refractivity contribution >= 4 is 22.9 Å². The molecule has 0 amide bonds. The Labute approximate surface area is 121 Å². The number of benzene rings is 2. The van der Waals surface area contributed by atoms with Crippen LogP contribution in [0, 0.1) is 5.82 Å². The van der Waals surface area contributed by atoms with Crippen LogP contribution in [0.4, 0.5) is 10.1 Å². The van der Waals surface area contributed by atoms with E-state index in [-0.39, 0.29) is 16.8 Å². The molecule has 0 spiro atoms. The number of hydrogen-bond donors (Lipinski definition) is 2. The average Bonchev–Trinajstić information content (AvgIpc) is 2.84. The maximum Gasteiger partial charge on any atom is 0.124 e. The summed E-state index contributed by atoms with van der Waals surface area (Å²) in [6.07, 6.45) is 0. The van der Waals surface area contributed by atoms with Gasteiger partial charge in [-0.05, 0) is 24.3 Å². The lowest BCUT2D eigenvalue weighted by molar-refractivity contribution is 0.340. The molecule has 3 rings (SSSR count). The van der Waals surface area contributed by atoms with Crippen LogP contribution in [0.1, 0.15) is 17.2 Å². The van der Waals surface area contributed by atoms with E-state index in [1.807, 2.05) is 24.3 Å². The second-order valence-corrected chi connectivity index (χ2v) is 5.04. The molecule has 0 radical (unpaired) electrons. The van der Waals surface area contributed by atoms with Crippen molar-refractivity contribution in [2.75, 3.05) is 11.9 Å². The van der Waals surface area contributed by atoms with Crippen LogP contribution in [0.5, 0.6) is 5.75 Å². The van der Waals surface area contributed by atoms with Crippen molar-refractivity contribution in [3.8, 4) is 5.75 Å². The fraction of sp³-hybridized carbons (Fsp3) is 0.133. The lowest BCUT2D eigenvalue weighted by Crippen LogP contribution is -2.17. The molecule has 1 atom stereocenters. The Morgan fingerprint density at radius 3 is 2.90 bits per heavy atom. The van der Waals surface area contributed by atoms with Gasteiger partial charge in [0.05, 0.1) is 6.04 Å². The summed E-state index contributed by atoms with van der Waals surface area (Å²) in [6.45, 7) is 0.521. The molecule has 1 aliphatic heterocycles. The second kappa shape index (κ2) is 5.09. The molecule has 20 heavy (non-hydrogen) atoms. The summed E-state index contributed by atoms with van der Waals surface area (Å²) in [5, 5.41) is 3.32. The van der Waals surface area contributed by atoms with Crippen LogP contribution in [0.2, 0.25) is 0 Å². The minimum Gasteiger partial charge on any atom is -0.491 e. The molecule has 2 aromatic rings. The van der Waals surface area contributed by atoms with E-state index >= 15 is 0 Å². The predicted molar refractivity (Wildman–Crippen MR) is 80.6 cm³/mol. The zero-order chi connectivity index (χ0) is 14.1. The summed E-state index contributed by atoms with van der Waals surface area (Å²) in [5.41, 5.74) is 7.94. The number of para-hydroxylation sites is 1. The van der Waals surface area contributed by atoms with Crippen LogP contribution in [-0.2, 0) is 0 Å². The van der Waals surface area contributed by atoms with Crippen molar-refractivity contribution in [3.05, 3.63) is 59.4 Å². The van der Waals surface area contributed by atoms with Gasteiger partial charge in [0, 0.05) is 16.8 Å². The molecule has 2 aromatic carbocycles. The number of anilines is 1. The van der Waals surface area contributed by atoms with Gasteiger partial charge in [0.15, 0.2) is 0 Å². The highest BCUT2D eigenvalue weighted by molar-refractivity contribution is 7.80. The number of fused-ring (bicyclic) bond motifs is 1. The van der Waals surface area contributed by atoms with Gasteiger partial charge in [0.25, 0.3) is 0 Å². The summed E-state index contributed by atoms with van der Waals surface area (Å²) in [4.78, 5) is 0.166. The van der Waals surface area contributed by atoms with Gasteiger partial charge in [-0.15, -0.1) is 0 Å². The molecule has 0 aromatic heterocycles. The van der Waals surface area contributed by atoms with E-state index in [1.165, 1.54) is 12.1 Å². The van der Waals surface area contributed by atoms with Crippen LogP contribution >= 0.6 is 12.2 Å². The third-order valence-electron chi connectivity index (χ3n) is 3.28. The van der Waals surface area contributed by atoms with E-state index in [2.05, 4.69) is 5.32 Å². The molecule has 5 heteroatoms. The quantitative estimate of drug-likeness (QED) is 0.852. The standard InChI is InChI=1S/C15H13FN2OS/c16-9-5-6-12(11(7-9)15(17)20)18-13-8-19-14-4-2-1-3-10(13)14/h1-7,13,18H,8H2,(H2,17,20). The van der Waals surface area contributed by atoms with Gasteiger partial charge in [-0.25, -0.2) is 4.39 Å². The summed E-state index contributed by atoms with van der Waals surface area (Å²) < 4.78 is 18.9. The number of ether oxygens (including phenoxy) is 1. The SMILES string of the molecule is NC(=S)c1cc(F)ccc1NC1COc2ccccc21. The van der Waals surface area contributed by atoms with Crippen LogP contribution in [0.25, 0.3) is 0 Å². The zero-order valence-corrected chi connectivity index (χ0v) is 11.4. The van der Waals surface area contributed by atoms with Gasteiger partial charge in [0.1, 0.15) is 23.2 Å². The van der Waals surface area contributed by atoms with E-state index in [9.17, 15) is 4.39 Å².